The van der Waals surface area contributed by atoms with Gasteiger partial charge in [0, 0.05) is 23.0 Å². The van der Waals surface area contributed by atoms with E-state index in [-0.39, 0.29) is 11.5 Å². The van der Waals surface area contributed by atoms with E-state index in [4.69, 9.17) is 0 Å². The van der Waals surface area contributed by atoms with Crippen molar-refractivity contribution >= 4 is 47.2 Å². The first-order chi connectivity index (χ1) is 17.7. The summed E-state index contributed by atoms with van der Waals surface area (Å²) < 4.78 is 0. The Labute approximate surface area is 212 Å². The van der Waals surface area contributed by atoms with Crippen LogP contribution >= 0.6 is 0 Å². The van der Waals surface area contributed by atoms with E-state index in [0.717, 1.165) is 22.2 Å². The van der Waals surface area contributed by atoms with Gasteiger partial charge in [-0.1, -0.05) is 29.8 Å². The third-order valence-electron chi connectivity index (χ3n) is 5.57. The molecular formula is C27H23N5O5. The number of rotatable bonds is 6. The van der Waals surface area contributed by atoms with Crippen LogP contribution in [0.5, 0.6) is 0 Å². The summed E-state index contributed by atoms with van der Waals surface area (Å²) in [5, 5.41) is 8.62. The number of urea groups is 1. The Balaban J connectivity index is 1.38. The lowest BCUT2D eigenvalue weighted by molar-refractivity contribution is -0.131. The van der Waals surface area contributed by atoms with Crippen molar-refractivity contribution in [2.24, 2.45) is 11.0 Å². The van der Waals surface area contributed by atoms with Crippen LogP contribution in [0.1, 0.15) is 31.8 Å². The average Bonchev–Trinajstić information content (AvgIpc) is 2.86. The molecule has 10 nitrogen and oxygen atoms in total. The summed E-state index contributed by atoms with van der Waals surface area (Å²) in [4.78, 5) is 63.0. The minimum atomic E-state index is -1.40. The average molecular weight is 498 g/mol. The molecule has 0 saturated carbocycles. The van der Waals surface area contributed by atoms with E-state index in [0.29, 0.717) is 16.9 Å². The molecule has 1 aliphatic heterocycles. The molecule has 1 saturated heterocycles. The first-order valence-corrected chi connectivity index (χ1v) is 11.3. The summed E-state index contributed by atoms with van der Waals surface area (Å²) in [6, 6.07) is 19.1. The molecule has 1 heterocycles. The maximum Gasteiger partial charge on any atom is 0.335 e. The number of barbiturate groups is 1. The Morgan fingerprint density at radius 3 is 2.19 bits per heavy atom. The van der Waals surface area contributed by atoms with Crippen molar-refractivity contribution in [3.8, 4) is 0 Å². The number of anilines is 2. The molecule has 0 unspecified atom stereocenters. The lowest BCUT2D eigenvalue weighted by atomic mass is 10.1. The maximum atomic E-state index is 12.9. The van der Waals surface area contributed by atoms with Crippen LogP contribution in [-0.2, 0) is 9.59 Å². The van der Waals surface area contributed by atoms with Gasteiger partial charge in [-0.25, -0.2) is 15.1 Å². The number of hydrogen-bond donors (Lipinski definition) is 3. The molecule has 37 heavy (non-hydrogen) atoms. The number of imide groups is 2. The first kappa shape index (κ1) is 25.0. The number of hydrogen-bond acceptors (Lipinski definition) is 6. The first-order valence-electron chi connectivity index (χ1n) is 11.3. The Hall–Kier alpha value is -5.12. The normalized spacial score (nSPS) is 15.5. The zero-order chi connectivity index (χ0) is 26.5. The minimum Gasteiger partial charge on any atom is -0.322 e. The van der Waals surface area contributed by atoms with E-state index in [2.05, 4.69) is 21.2 Å². The summed E-state index contributed by atoms with van der Waals surface area (Å²) in [5.41, 5.74) is 5.68. The zero-order valence-corrected chi connectivity index (χ0v) is 20.0. The van der Waals surface area contributed by atoms with Gasteiger partial charge in [0.15, 0.2) is 5.92 Å². The van der Waals surface area contributed by atoms with Gasteiger partial charge < -0.3 is 5.32 Å². The standard InChI is InChI=1S/C27H23N5O5/c1-16-6-8-18(9-7-16)23(33)29-20-12-10-19(11-13-20)24(34)31-28-15-22-25(35)30-27(37)32(26(22)36)21-5-3-4-17(2)14-21/h3-15,22H,1-2H3,(H,29,33)(H,31,34)(H,30,35,37)/b28-15-/t22-/m0/s1. The van der Waals surface area contributed by atoms with Gasteiger partial charge in [-0.3, -0.25) is 24.5 Å². The van der Waals surface area contributed by atoms with Gasteiger partial charge in [-0.2, -0.15) is 5.10 Å². The lowest BCUT2D eigenvalue weighted by Crippen LogP contribution is -2.58. The molecule has 0 spiro atoms. The highest BCUT2D eigenvalue weighted by Gasteiger charge is 2.40. The van der Waals surface area contributed by atoms with Crippen LogP contribution in [0.3, 0.4) is 0 Å². The van der Waals surface area contributed by atoms with Crippen molar-refractivity contribution in [1.29, 1.82) is 0 Å². The van der Waals surface area contributed by atoms with Gasteiger partial charge in [0.25, 0.3) is 17.7 Å². The van der Waals surface area contributed by atoms with Crippen LogP contribution < -0.4 is 21.0 Å². The fourth-order valence-corrected chi connectivity index (χ4v) is 3.58. The smallest absolute Gasteiger partial charge is 0.322 e. The van der Waals surface area contributed by atoms with Crippen LogP contribution in [0.2, 0.25) is 0 Å². The van der Waals surface area contributed by atoms with E-state index >= 15 is 0 Å². The predicted octanol–water partition coefficient (Wildman–Crippen LogP) is 3.17. The van der Waals surface area contributed by atoms with Crippen LogP contribution in [0.15, 0.2) is 77.9 Å². The Morgan fingerprint density at radius 2 is 1.51 bits per heavy atom. The molecule has 6 amide bonds. The molecule has 186 valence electrons. The monoisotopic (exact) mass is 497 g/mol. The summed E-state index contributed by atoms with van der Waals surface area (Å²) in [6.45, 7) is 3.73. The van der Waals surface area contributed by atoms with Crippen molar-refractivity contribution < 1.29 is 24.0 Å². The zero-order valence-electron chi connectivity index (χ0n) is 20.0. The Kier molecular flexibility index (Phi) is 7.19. The molecule has 0 aromatic heterocycles. The number of carbonyl (C=O) groups excluding carboxylic acids is 5. The number of nitrogens with one attached hydrogen (secondary N) is 3. The van der Waals surface area contributed by atoms with E-state index in [1.807, 2.05) is 19.1 Å². The highest BCUT2D eigenvalue weighted by Crippen LogP contribution is 2.21. The Morgan fingerprint density at radius 1 is 0.865 bits per heavy atom. The van der Waals surface area contributed by atoms with E-state index in [9.17, 15) is 24.0 Å². The van der Waals surface area contributed by atoms with E-state index in [1.165, 1.54) is 12.1 Å². The van der Waals surface area contributed by atoms with Crippen molar-refractivity contribution in [2.45, 2.75) is 13.8 Å². The molecule has 4 rings (SSSR count). The van der Waals surface area contributed by atoms with Gasteiger partial charge in [0.05, 0.1) is 5.69 Å². The van der Waals surface area contributed by atoms with Gasteiger partial charge >= 0.3 is 6.03 Å². The Bertz CT molecular complexity index is 1410. The van der Waals surface area contributed by atoms with E-state index in [1.54, 1.807) is 55.5 Å². The fourth-order valence-electron chi connectivity index (χ4n) is 3.58. The molecule has 0 aliphatic carbocycles. The second-order valence-corrected chi connectivity index (χ2v) is 8.40. The van der Waals surface area contributed by atoms with Crippen molar-refractivity contribution in [1.82, 2.24) is 10.7 Å². The predicted molar refractivity (Wildman–Crippen MR) is 137 cm³/mol. The number of carbonyl (C=O) groups is 5. The van der Waals surface area contributed by atoms with Crippen LogP contribution in [0.4, 0.5) is 16.2 Å². The van der Waals surface area contributed by atoms with Crippen LogP contribution in [-0.4, -0.2) is 35.9 Å². The summed E-state index contributed by atoms with van der Waals surface area (Å²) in [7, 11) is 0. The molecule has 3 N–H and O–H groups in total. The molecular weight excluding hydrogens is 474 g/mol. The summed E-state index contributed by atoms with van der Waals surface area (Å²) in [6.07, 6.45) is 0.973. The molecule has 10 heteroatoms. The number of nitrogens with zero attached hydrogens (tertiary/aromatic N) is 2. The van der Waals surface area contributed by atoms with Gasteiger partial charge in [-0.15, -0.1) is 0 Å². The largest absolute Gasteiger partial charge is 0.335 e. The fraction of sp³-hybridized carbons (Fsp3) is 0.111. The number of benzene rings is 3. The van der Waals surface area contributed by atoms with Crippen LogP contribution in [0.25, 0.3) is 0 Å². The summed E-state index contributed by atoms with van der Waals surface area (Å²) >= 11 is 0. The third kappa shape index (κ3) is 5.76. The van der Waals surface area contributed by atoms with Gasteiger partial charge in [0.1, 0.15) is 0 Å². The van der Waals surface area contributed by atoms with Crippen LogP contribution in [0, 0.1) is 19.8 Å². The van der Waals surface area contributed by atoms with Crippen molar-refractivity contribution in [2.75, 3.05) is 10.2 Å². The molecule has 3 aromatic rings. The van der Waals surface area contributed by atoms with Crippen molar-refractivity contribution in [3.05, 3.63) is 95.1 Å². The lowest BCUT2D eigenvalue weighted by Gasteiger charge is -2.28. The number of amides is 6. The van der Waals surface area contributed by atoms with Gasteiger partial charge in [-0.05, 0) is 67.9 Å². The molecule has 0 radical (unpaired) electrons. The molecule has 1 aliphatic rings. The second kappa shape index (κ2) is 10.6. The van der Waals surface area contributed by atoms with E-state index < -0.39 is 29.7 Å². The number of aryl methyl sites for hydroxylation is 2. The topological polar surface area (TPSA) is 137 Å². The SMILES string of the molecule is Cc1ccc(C(=O)Nc2ccc(C(=O)N/N=C\[C@H]3C(=O)NC(=O)N(c4cccc(C)c4)C3=O)cc2)cc1. The molecule has 3 aromatic carbocycles. The number of hydrazone groups is 1. The highest BCUT2D eigenvalue weighted by molar-refractivity contribution is 6.32. The quantitative estimate of drug-likeness (QED) is 0.273. The highest BCUT2D eigenvalue weighted by atomic mass is 16.2. The molecule has 0 bridgehead atoms. The third-order valence-corrected chi connectivity index (χ3v) is 5.57. The maximum absolute atomic E-state index is 12.9. The van der Waals surface area contributed by atoms with Gasteiger partial charge in [0.2, 0.25) is 5.91 Å². The second-order valence-electron chi connectivity index (χ2n) is 8.40. The molecule has 1 fully saturated rings. The summed E-state index contributed by atoms with van der Waals surface area (Å²) in [5.74, 6) is -3.91. The molecule has 1 atom stereocenters. The minimum absolute atomic E-state index is 0.237. The van der Waals surface area contributed by atoms with Crippen molar-refractivity contribution in [3.63, 3.8) is 0 Å².